The van der Waals surface area contributed by atoms with Gasteiger partial charge in [-0.15, -0.1) is 11.8 Å². The van der Waals surface area contributed by atoms with E-state index >= 15 is 0 Å². The number of nitrogens with zero attached hydrogens (tertiary/aromatic N) is 3. The molecule has 120 valence electrons. The molecule has 0 unspecified atom stereocenters. The molecule has 7 heteroatoms. The SMILES string of the molecule is COc1ccc2c(SCc3ccc4[nH]c(O)cc4c3)ncnc2n1. The quantitative estimate of drug-likeness (QED) is 0.437. The summed E-state index contributed by atoms with van der Waals surface area (Å²) in [6.45, 7) is 0. The van der Waals surface area contributed by atoms with Gasteiger partial charge in [0.2, 0.25) is 5.88 Å². The van der Waals surface area contributed by atoms with E-state index in [-0.39, 0.29) is 5.88 Å². The minimum absolute atomic E-state index is 0.177. The highest BCUT2D eigenvalue weighted by atomic mass is 32.2. The number of aromatic hydroxyl groups is 1. The zero-order valence-corrected chi connectivity index (χ0v) is 13.7. The number of hydrogen-bond donors (Lipinski definition) is 2. The second-order valence-corrected chi connectivity index (χ2v) is 6.23. The third-order valence-corrected chi connectivity index (χ3v) is 4.77. The van der Waals surface area contributed by atoms with Crippen LogP contribution in [0.4, 0.5) is 0 Å². The van der Waals surface area contributed by atoms with Crippen molar-refractivity contribution in [3.05, 3.63) is 48.3 Å². The molecule has 4 aromatic rings. The van der Waals surface area contributed by atoms with Crippen molar-refractivity contribution in [1.29, 1.82) is 0 Å². The van der Waals surface area contributed by atoms with Gasteiger partial charge in [-0.25, -0.2) is 9.97 Å². The highest BCUT2D eigenvalue weighted by Crippen LogP contribution is 2.29. The van der Waals surface area contributed by atoms with E-state index in [4.69, 9.17) is 4.74 Å². The van der Waals surface area contributed by atoms with E-state index in [0.717, 1.165) is 32.6 Å². The van der Waals surface area contributed by atoms with Gasteiger partial charge in [0.25, 0.3) is 0 Å². The predicted octanol–water partition coefficient (Wildman–Crippen LogP) is 3.51. The third-order valence-electron chi connectivity index (χ3n) is 3.69. The van der Waals surface area contributed by atoms with Crippen LogP contribution in [0.3, 0.4) is 0 Å². The molecule has 3 heterocycles. The van der Waals surface area contributed by atoms with Crippen molar-refractivity contribution in [2.24, 2.45) is 0 Å². The number of thioether (sulfide) groups is 1. The zero-order chi connectivity index (χ0) is 16.5. The van der Waals surface area contributed by atoms with E-state index in [1.165, 1.54) is 6.33 Å². The summed E-state index contributed by atoms with van der Waals surface area (Å²) in [7, 11) is 1.58. The summed E-state index contributed by atoms with van der Waals surface area (Å²) in [5, 5.41) is 12.3. The summed E-state index contributed by atoms with van der Waals surface area (Å²) in [5.74, 6) is 1.48. The second-order valence-electron chi connectivity index (χ2n) is 5.27. The van der Waals surface area contributed by atoms with E-state index in [2.05, 4.69) is 26.0 Å². The first kappa shape index (κ1) is 14.8. The summed E-state index contributed by atoms with van der Waals surface area (Å²) in [6, 6.07) is 11.5. The Bertz CT molecular complexity index is 1030. The van der Waals surface area contributed by atoms with Crippen LogP contribution in [-0.4, -0.2) is 32.2 Å². The fourth-order valence-electron chi connectivity index (χ4n) is 2.54. The van der Waals surface area contributed by atoms with Crippen molar-refractivity contribution in [2.45, 2.75) is 10.8 Å². The van der Waals surface area contributed by atoms with Gasteiger partial charge in [-0.1, -0.05) is 6.07 Å². The van der Waals surface area contributed by atoms with Gasteiger partial charge in [0.1, 0.15) is 11.4 Å². The molecule has 1 aromatic carbocycles. The smallest absolute Gasteiger partial charge is 0.215 e. The Labute approximate surface area is 141 Å². The highest BCUT2D eigenvalue weighted by molar-refractivity contribution is 7.98. The Kier molecular flexibility index (Phi) is 3.70. The maximum Gasteiger partial charge on any atom is 0.215 e. The summed E-state index contributed by atoms with van der Waals surface area (Å²) >= 11 is 1.63. The Hall–Kier alpha value is -2.80. The number of aromatic amines is 1. The number of fused-ring (bicyclic) bond motifs is 2. The molecular weight excluding hydrogens is 324 g/mol. The number of hydrogen-bond acceptors (Lipinski definition) is 6. The van der Waals surface area contributed by atoms with Crippen molar-refractivity contribution in [3.8, 4) is 11.8 Å². The standard InChI is InChI=1S/C17H14N4O2S/c1-23-15-5-3-12-16(21-15)18-9-19-17(12)24-8-10-2-4-13-11(6-10)7-14(22)20-13/h2-7,9,20,22H,8H2,1H3. The molecule has 24 heavy (non-hydrogen) atoms. The number of benzene rings is 1. The molecule has 0 amide bonds. The zero-order valence-electron chi connectivity index (χ0n) is 12.9. The minimum atomic E-state index is 0.177. The largest absolute Gasteiger partial charge is 0.495 e. The third kappa shape index (κ3) is 2.74. The molecule has 3 aromatic heterocycles. The number of methoxy groups -OCH3 is 1. The molecule has 0 atom stereocenters. The van der Waals surface area contributed by atoms with Gasteiger partial charge >= 0.3 is 0 Å². The van der Waals surface area contributed by atoms with E-state index < -0.39 is 0 Å². The molecule has 0 aliphatic carbocycles. The summed E-state index contributed by atoms with van der Waals surface area (Å²) in [4.78, 5) is 15.8. The fraction of sp³-hybridized carbons (Fsp3) is 0.118. The lowest BCUT2D eigenvalue weighted by atomic mass is 10.2. The average Bonchev–Trinajstić information content (AvgIpc) is 2.98. The van der Waals surface area contributed by atoms with Gasteiger partial charge in [-0.05, 0) is 23.8 Å². The van der Waals surface area contributed by atoms with Gasteiger partial charge in [-0.3, -0.25) is 0 Å². The lowest BCUT2D eigenvalue weighted by molar-refractivity contribution is 0.399. The number of ether oxygens (including phenoxy) is 1. The van der Waals surface area contributed by atoms with Gasteiger partial charge in [0.15, 0.2) is 11.5 Å². The highest BCUT2D eigenvalue weighted by Gasteiger charge is 2.08. The van der Waals surface area contributed by atoms with E-state index in [1.807, 2.05) is 24.3 Å². The molecule has 6 nitrogen and oxygen atoms in total. The van der Waals surface area contributed by atoms with Gasteiger partial charge in [0.05, 0.1) is 12.5 Å². The molecule has 0 aliphatic rings. The summed E-state index contributed by atoms with van der Waals surface area (Å²) in [6.07, 6.45) is 1.52. The Morgan fingerprint density at radius 3 is 2.96 bits per heavy atom. The average molecular weight is 338 g/mol. The van der Waals surface area contributed by atoms with E-state index in [9.17, 15) is 5.11 Å². The predicted molar refractivity (Wildman–Crippen MR) is 93.4 cm³/mol. The second kappa shape index (κ2) is 6.01. The van der Waals surface area contributed by atoms with Crippen LogP contribution in [0.1, 0.15) is 5.56 Å². The van der Waals surface area contributed by atoms with Crippen LogP contribution in [-0.2, 0) is 5.75 Å². The lowest BCUT2D eigenvalue weighted by Crippen LogP contribution is -1.93. The van der Waals surface area contributed by atoms with Gasteiger partial charge < -0.3 is 14.8 Å². The topological polar surface area (TPSA) is 83.9 Å². The number of nitrogens with one attached hydrogen (secondary N) is 1. The summed E-state index contributed by atoms with van der Waals surface area (Å²) in [5.41, 5.74) is 2.70. The Morgan fingerprint density at radius 1 is 1.17 bits per heavy atom. The normalized spacial score (nSPS) is 11.2. The van der Waals surface area contributed by atoms with Crippen LogP contribution < -0.4 is 4.74 Å². The molecule has 4 rings (SSSR count). The monoisotopic (exact) mass is 338 g/mol. The van der Waals surface area contributed by atoms with Crippen LogP contribution in [0.2, 0.25) is 0 Å². The van der Waals surface area contributed by atoms with Crippen molar-refractivity contribution < 1.29 is 9.84 Å². The van der Waals surface area contributed by atoms with Crippen molar-refractivity contribution in [3.63, 3.8) is 0 Å². The van der Waals surface area contributed by atoms with Crippen molar-refractivity contribution >= 4 is 33.7 Å². The number of aromatic nitrogens is 4. The van der Waals surface area contributed by atoms with E-state index in [0.29, 0.717) is 11.5 Å². The number of H-pyrrole nitrogens is 1. The van der Waals surface area contributed by atoms with Crippen molar-refractivity contribution in [2.75, 3.05) is 7.11 Å². The number of pyridine rings is 1. The molecule has 0 saturated heterocycles. The molecule has 0 spiro atoms. The molecule has 2 N–H and O–H groups in total. The van der Waals surface area contributed by atoms with Gasteiger partial charge in [-0.2, -0.15) is 4.98 Å². The molecule has 0 fully saturated rings. The van der Waals surface area contributed by atoms with E-state index in [1.54, 1.807) is 24.9 Å². The lowest BCUT2D eigenvalue weighted by Gasteiger charge is -2.06. The van der Waals surface area contributed by atoms with Crippen LogP contribution >= 0.6 is 11.8 Å². The van der Waals surface area contributed by atoms with Gasteiger partial charge in [0, 0.05) is 28.8 Å². The number of rotatable bonds is 4. The van der Waals surface area contributed by atoms with Crippen LogP contribution in [0.5, 0.6) is 11.8 Å². The molecular formula is C17H14N4O2S. The maximum atomic E-state index is 9.52. The fourth-order valence-corrected chi connectivity index (χ4v) is 3.46. The van der Waals surface area contributed by atoms with Crippen LogP contribution in [0, 0.1) is 0 Å². The molecule has 0 bridgehead atoms. The Balaban J connectivity index is 1.61. The Morgan fingerprint density at radius 2 is 2.08 bits per heavy atom. The maximum absolute atomic E-state index is 9.52. The first-order valence-corrected chi connectivity index (χ1v) is 8.30. The summed E-state index contributed by atoms with van der Waals surface area (Å²) < 4.78 is 5.13. The first-order chi connectivity index (χ1) is 11.7. The first-order valence-electron chi connectivity index (χ1n) is 7.32. The molecule has 0 aliphatic heterocycles. The van der Waals surface area contributed by atoms with Crippen LogP contribution in [0.25, 0.3) is 21.9 Å². The van der Waals surface area contributed by atoms with Crippen LogP contribution in [0.15, 0.2) is 47.8 Å². The van der Waals surface area contributed by atoms with Crippen molar-refractivity contribution in [1.82, 2.24) is 19.9 Å². The molecule has 0 radical (unpaired) electrons. The minimum Gasteiger partial charge on any atom is -0.495 e. The molecule has 0 saturated carbocycles.